The molecule has 0 saturated carbocycles. The summed E-state index contributed by atoms with van der Waals surface area (Å²) >= 11 is 0. The molecule has 1 N–H and O–H groups in total. The minimum atomic E-state index is -4.48. The number of alkyl halides is 3. The first-order valence-electron chi connectivity index (χ1n) is 5.80. The molecule has 1 aromatic carbocycles. The molecule has 0 aliphatic carbocycles. The standard InChI is InChI=1S/C13H16F3NO2/c1-8(2)17-11-5-4-10(7-19-9(3)18)12(6-11)13(14,15)16/h4-6,8,17H,7H2,1-3H3. The smallest absolute Gasteiger partial charge is 0.416 e. The average molecular weight is 275 g/mol. The van der Waals surface area contributed by atoms with Crippen LogP contribution in [0.15, 0.2) is 18.2 Å². The van der Waals surface area contributed by atoms with Gasteiger partial charge in [0.2, 0.25) is 0 Å². The summed E-state index contributed by atoms with van der Waals surface area (Å²) < 4.78 is 43.4. The van der Waals surface area contributed by atoms with E-state index in [1.807, 2.05) is 13.8 Å². The quantitative estimate of drug-likeness (QED) is 0.853. The highest BCUT2D eigenvalue weighted by Crippen LogP contribution is 2.34. The van der Waals surface area contributed by atoms with Crippen molar-refractivity contribution in [3.8, 4) is 0 Å². The van der Waals surface area contributed by atoms with Crippen LogP contribution in [-0.4, -0.2) is 12.0 Å². The Labute approximate surface area is 109 Å². The van der Waals surface area contributed by atoms with E-state index in [1.54, 1.807) is 0 Å². The monoisotopic (exact) mass is 275 g/mol. The van der Waals surface area contributed by atoms with Crippen molar-refractivity contribution in [2.75, 3.05) is 5.32 Å². The van der Waals surface area contributed by atoms with Crippen molar-refractivity contribution in [3.63, 3.8) is 0 Å². The molecule has 0 aromatic heterocycles. The van der Waals surface area contributed by atoms with E-state index in [0.717, 1.165) is 13.0 Å². The number of ether oxygens (including phenoxy) is 1. The predicted molar refractivity (Wildman–Crippen MR) is 65.7 cm³/mol. The Hall–Kier alpha value is -1.72. The molecule has 0 saturated heterocycles. The zero-order chi connectivity index (χ0) is 14.6. The van der Waals surface area contributed by atoms with Gasteiger partial charge in [-0.25, -0.2) is 0 Å². The average Bonchev–Trinajstić information content (AvgIpc) is 2.25. The Morgan fingerprint density at radius 2 is 2.00 bits per heavy atom. The molecule has 1 aromatic rings. The largest absolute Gasteiger partial charge is 0.461 e. The molecule has 1 rings (SSSR count). The summed E-state index contributed by atoms with van der Waals surface area (Å²) in [6.07, 6.45) is -4.48. The molecule has 19 heavy (non-hydrogen) atoms. The molecule has 0 unspecified atom stereocenters. The Morgan fingerprint density at radius 1 is 1.37 bits per heavy atom. The Kier molecular flexibility index (Phi) is 4.80. The SMILES string of the molecule is CC(=O)OCc1ccc(NC(C)C)cc1C(F)(F)F. The number of hydrogen-bond acceptors (Lipinski definition) is 3. The van der Waals surface area contributed by atoms with Gasteiger partial charge < -0.3 is 10.1 Å². The van der Waals surface area contributed by atoms with E-state index in [2.05, 4.69) is 10.1 Å². The maximum Gasteiger partial charge on any atom is 0.416 e. The molecule has 6 heteroatoms. The Balaban J connectivity index is 3.06. The zero-order valence-corrected chi connectivity index (χ0v) is 11.0. The highest BCUT2D eigenvalue weighted by atomic mass is 19.4. The third-order valence-corrected chi connectivity index (χ3v) is 2.30. The van der Waals surface area contributed by atoms with E-state index in [1.165, 1.54) is 12.1 Å². The molecule has 0 aliphatic heterocycles. The van der Waals surface area contributed by atoms with Crippen LogP contribution in [0, 0.1) is 0 Å². The van der Waals surface area contributed by atoms with Crippen molar-refractivity contribution >= 4 is 11.7 Å². The van der Waals surface area contributed by atoms with Gasteiger partial charge >= 0.3 is 12.1 Å². The van der Waals surface area contributed by atoms with Crippen LogP contribution in [0.5, 0.6) is 0 Å². The lowest BCUT2D eigenvalue weighted by Gasteiger charge is -2.16. The molecule has 0 bridgehead atoms. The van der Waals surface area contributed by atoms with Gasteiger partial charge in [-0.1, -0.05) is 6.07 Å². The van der Waals surface area contributed by atoms with Gasteiger partial charge in [-0.3, -0.25) is 4.79 Å². The first-order valence-corrected chi connectivity index (χ1v) is 5.80. The normalized spacial score (nSPS) is 11.5. The molecule has 106 valence electrons. The summed E-state index contributed by atoms with van der Waals surface area (Å²) in [5.41, 5.74) is -0.467. The van der Waals surface area contributed by atoms with Crippen LogP contribution in [0.1, 0.15) is 31.9 Å². The molecule has 0 radical (unpaired) electrons. The Bertz CT molecular complexity index is 456. The zero-order valence-electron chi connectivity index (χ0n) is 11.0. The van der Waals surface area contributed by atoms with Crippen molar-refractivity contribution in [2.45, 2.75) is 39.6 Å². The fourth-order valence-electron chi connectivity index (χ4n) is 1.57. The number of halogens is 3. The number of esters is 1. The summed E-state index contributed by atoms with van der Waals surface area (Å²) in [5.74, 6) is -0.613. The third-order valence-electron chi connectivity index (χ3n) is 2.30. The number of carbonyl (C=O) groups excluding carboxylic acids is 1. The number of nitrogens with one attached hydrogen (secondary N) is 1. The lowest BCUT2D eigenvalue weighted by Crippen LogP contribution is -2.14. The van der Waals surface area contributed by atoms with Gasteiger partial charge in [-0.2, -0.15) is 13.2 Å². The van der Waals surface area contributed by atoms with Crippen LogP contribution in [0.3, 0.4) is 0 Å². The fourth-order valence-corrected chi connectivity index (χ4v) is 1.57. The second-order valence-corrected chi connectivity index (χ2v) is 4.45. The van der Waals surface area contributed by atoms with Crippen LogP contribution in [0.4, 0.5) is 18.9 Å². The van der Waals surface area contributed by atoms with E-state index in [4.69, 9.17) is 0 Å². The number of carbonyl (C=O) groups is 1. The van der Waals surface area contributed by atoms with Gasteiger partial charge in [-0.05, 0) is 26.0 Å². The van der Waals surface area contributed by atoms with Crippen molar-refractivity contribution in [1.29, 1.82) is 0 Å². The molecule has 0 heterocycles. The summed E-state index contributed by atoms with van der Waals surface area (Å²) in [7, 11) is 0. The first kappa shape index (κ1) is 15.3. The lowest BCUT2D eigenvalue weighted by atomic mass is 10.1. The van der Waals surface area contributed by atoms with Crippen LogP contribution >= 0.6 is 0 Å². The van der Waals surface area contributed by atoms with Crippen LogP contribution in [0.2, 0.25) is 0 Å². The molecule has 3 nitrogen and oxygen atoms in total. The van der Waals surface area contributed by atoms with Gasteiger partial charge in [0, 0.05) is 24.2 Å². The lowest BCUT2D eigenvalue weighted by molar-refractivity contribution is -0.145. The minimum Gasteiger partial charge on any atom is -0.461 e. The topological polar surface area (TPSA) is 38.3 Å². The number of benzene rings is 1. The van der Waals surface area contributed by atoms with Gasteiger partial charge in [0.15, 0.2) is 0 Å². The molecule has 0 amide bonds. The summed E-state index contributed by atoms with van der Waals surface area (Å²) in [6.45, 7) is 4.44. The maximum absolute atomic E-state index is 12.9. The second-order valence-electron chi connectivity index (χ2n) is 4.45. The molecule has 0 fully saturated rings. The highest BCUT2D eigenvalue weighted by Gasteiger charge is 2.33. The van der Waals surface area contributed by atoms with E-state index >= 15 is 0 Å². The van der Waals surface area contributed by atoms with Crippen molar-refractivity contribution in [3.05, 3.63) is 29.3 Å². The molecule has 0 atom stereocenters. The van der Waals surface area contributed by atoms with Crippen LogP contribution in [-0.2, 0) is 22.3 Å². The molecule has 0 spiro atoms. The second kappa shape index (κ2) is 5.95. The molecular weight excluding hydrogens is 259 g/mol. The highest BCUT2D eigenvalue weighted by molar-refractivity contribution is 5.66. The number of hydrogen-bond donors (Lipinski definition) is 1. The van der Waals surface area contributed by atoms with E-state index in [0.29, 0.717) is 5.69 Å². The predicted octanol–water partition coefficient (Wildman–Crippen LogP) is 3.59. The van der Waals surface area contributed by atoms with Crippen molar-refractivity contribution < 1.29 is 22.7 Å². The van der Waals surface area contributed by atoms with Gasteiger partial charge in [0.05, 0.1) is 5.56 Å². The van der Waals surface area contributed by atoms with E-state index in [-0.39, 0.29) is 18.2 Å². The summed E-state index contributed by atoms with van der Waals surface area (Å²) in [5, 5.41) is 2.90. The number of anilines is 1. The van der Waals surface area contributed by atoms with Crippen LogP contribution in [0.25, 0.3) is 0 Å². The maximum atomic E-state index is 12.9. The summed E-state index contributed by atoms with van der Waals surface area (Å²) in [4.78, 5) is 10.7. The van der Waals surface area contributed by atoms with E-state index < -0.39 is 17.7 Å². The van der Waals surface area contributed by atoms with Gasteiger partial charge in [0.1, 0.15) is 6.61 Å². The third kappa shape index (κ3) is 4.81. The van der Waals surface area contributed by atoms with Crippen LogP contribution < -0.4 is 5.32 Å². The molecular formula is C13H16F3NO2. The number of rotatable bonds is 4. The first-order chi connectivity index (χ1) is 8.70. The van der Waals surface area contributed by atoms with Gasteiger partial charge in [-0.15, -0.1) is 0 Å². The Morgan fingerprint density at radius 3 is 2.47 bits per heavy atom. The summed E-state index contributed by atoms with van der Waals surface area (Å²) in [6, 6.07) is 3.91. The van der Waals surface area contributed by atoms with E-state index in [9.17, 15) is 18.0 Å². The minimum absolute atomic E-state index is 0.0282. The van der Waals surface area contributed by atoms with Gasteiger partial charge in [0.25, 0.3) is 0 Å². The van der Waals surface area contributed by atoms with Crippen molar-refractivity contribution in [2.24, 2.45) is 0 Å². The van der Waals surface area contributed by atoms with Crippen molar-refractivity contribution in [1.82, 2.24) is 0 Å². The molecule has 0 aliphatic rings. The fraction of sp³-hybridized carbons (Fsp3) is 0.462.